The molecular formula is C20H19N3O3. The number of amides is 1. The van der Waals surface area contributed by atoms with Crippen LogP contribution in [0.15, 0.2) is 48.5 Å². The van der Waals surface area contributed by atoms with Gasteiger partial charge in [-0.25, -0.2) is 14.8 Å². The highest BCUT2D eigenvalue weighted by atomic mass is 16.5. The molecule has 0 N–H and O–H groups in total. The number of fused-ring (bicyclic) bond motifs is 1. The van der Waals surface area contributed by atoms with Gasteiger partial charge in [-0.1, -0.05) is 18.2 Å². The van der Waals surface area contributed by atoms with Gasteiger partial charge in [0.15, 0.2) is 6.61 Å². The number of rotatable bonds is 4. The lowest BCUT2D eigenvalue weighted by Gasteiger charge is -2.17. The fourth-order valence-corrected chi connectivity index (χ4v) is 2.46. The van der Waals surface area contributed by atoms with E-state index in [0.29, 0.717) is 16.6 Å². The van der Waals surface area contributed by atoms with Crippen molar-refractivity contribution in [1.82, 2.24) is 9.97 Å². The summed E-state index contributed by atoms with van der Waals surface area (Å²) in [6.07, 6.45) is 0. The van der Waals surface area contributed by atoms with Crippen LogP contribution in [-0.2, 0) is 9.53 Å². The molecule has 3 aromatic rings. The molecule has 0 atom stereocenters. The number of nitrogens with zero attached hydrogens (tertiary/aromatic N) is 3. The first-order valence-electron chi connectivity index (χ1n) is 8.19. The van der Waals surface area contributed by atoms with Crippen molar-refractivity contribution in [1.29, 1.82) is 0 Å². The quantitative estimate of drug-likeness (QED) is 0.677. The summed E-state index contributed by atoms with van der Waals surface area (Å²) in [5.74, 6) is -0.877. The van der Waals surface area contributed by atoms with E-state index in [1.165, 1.54) is 4.90 Å². The van der Waals surface area contributed by atoms with E-state index in [-0.39, 0.29) is 12.5 Å². The van der Waals surface area contributed by atoms with Crippen LogP contribution in [0.1, 0.15) is 21.7 Å². The van der Waals surface area contributed by atoms with Crippen LogP contribution < -0.4 is 4.90 Å². The third-order valence-electron chi connectivity index (χ3n) is 4.16. The van der Waals surface area contributed by atoms with Crippen molar-refractivity contribution < 1.29 is 14.3 Å². The number of hydrogen-bond donors (Lipinski definition) is 0. The predicted molar refractivity (Wildman–Crippen MR) is 99.1 cm³/mol. The lowest BCUT2D eigenvalue weighted by atomic mass is 10.2. The van der Waals surface area contributed by atoms with Gasteiger partial charge in [0.05, 0.1) is 28.0 Å². The van der Waals surface area contributed by atoms with Gasteiger partial charge in [0.2, 0.25) is 0 Å². The monoisotopic (exact) mass is 349 g/mol. The van der Waals surface area contributed by atoms with Gasteiger partial charge in [-0.2, -0.15) is 0 Å². The maximum Gasteiger partial charge on any atom is 0.338 e. The van der Waals surface area contributed by atoms with E-state index in [2.05, 4.69) is 9.97 Å². The van der Waals surface area contributed by atoms with Gasteiger partial charge in [0, 0.05) is 12.7 Å². The number of benzene rings is 2. The van der Waals surface area contributed by atoms with Crippen molar-refractivity contribution in [2.75, 3.05) is 18.6 Å². The van der Waals surface area contributed by atoms with Gasteiger partial charge in [0.1, 0.15) is 0 Å². The summed E-state index contributed by atoms with van der Waals surface area (Å²) in [5.41, 5.74) is 4.07. The van der Waals surface area contributed by atoms with Crippen LogP contribution in [0.4, 0.5) is 5.69 Å². The summed E-state index contributed by atoms with van der Waals surface area (Å²) in [7, 11) is 1.64. The molecule has 0 aliphatic carbocycles. The molecule has 6 heteroatoms. The highest BCUT2D eigenvalue weighted by Gasteiger charge is 2.15. The third kappa shape index (κ3) is 3.69. The van der Waals surface area contributed by atoms with Crippen LogP contribution >= 0.6 is 0 Å². The highest BCUT2D eigenvalue weighted by molar-refractivity contribution is 5.98. The number of carbonyl (C=O) groups is 2. The molecular weight excluding hydrogens is 330 g/mol. The fraction of sp³-hybridized carbons (Fsp3) is 0.200. The number of hydrogen-bond acceptors (Lipinski definition) is 5. The zero-order valence-electron chi connectivity index (χ0n) is 14.9. The van der Waals surface area contributed by atoms with Crippen molar-refractivity contribution >= 4 is 28.6 Å². The topological polar surface area (TPSA) is 72.4 Å². The first-order chi connectivity index (χ1) is 12.5. The minimum Gasteiger partial charge on any atom is -0.452 e. The minimum atomic E-state index is -0.568. The van der Waals surface area contributed by atoms with E-state index >= 15 is 0 Å². The first-order valence-corrected chi connectivity index (χ1v) is 8.19. The normalized spacial score (nSPS) is 10.6. The van der Waals surface area contributed by atoms with Gasteiger partial charge in [0.25, 0.3) is 5.91 Å². The Kier molecular flexibility index (Phi) is 4.93. The number of aryl methyl sites for hydroxylation is 2. The molecule has 6 nitrogen and oxygen atoms in total. The highest BCUT2D eigenvalue weighted by Crippen LogP contribution is 2.16. The standard InChI is InChI=1S/C20H19N3O3/c1-13-14(2)22-18-11-15(9-10-17(18)21-13)20(25)26-12-19(24)23(3)16-7-5-4-6-8-16/h4-11H,12H2,1-3H3. The van der Waals surface area contributed by atoms with Crippen molar-refractivity contribution in [2.45, 2.75) is 13.8 Å². The molecule has 26 heavy (non-hydrogen) atoms. The van der Waals surface area contributed by atoms with Crippen LogP contribution in [0.5, 0.6) is 0 Å². The van der Waals surface area contributed by atoms with Crippen molar-refractivity contribution in [3.05, 3.63) is 65.5 Å². The van der Waals surface area contributed by atoms with E-state index in [0.717, 1.165) is 17.1 Å². The lowest BCUT2D eigenvalue weighted by molar-refractivity contribution is -0.121. The summed E-state index contributed by atoms with van der Waals surface area (Å²) in [4.78, 5) is 34.8. The van der Waals surface area contributed by atoms with Gasteiger partial charge in [-0.05, 0) is 44.2 Å². The second kappa shape index (κ2) is 7.31. The summed E-state index contributed by atoms with van der Waals surface area (Å²) < 4.78 is 5.16. The lowest BCUT2D eigenvalue weighted by Crippen LogP contribution is -2.31. The van der Waals surface area contributed by atoms with Gasteiger partial charge < -0.3 is 9.64 Å². The summed E-state index contributed by atoms with van der Waals surface area (Å²) >= 11 is 0. The molecule has 1 amide bonds. The Hall–Kier alpha value is -3.28. The predicted octanol–water partition coefficient (Wildman–Crippen LogP) is 3.07. The van der Waals surface area contributed by atoms with E-state index < -0.39 is 5.97 Å². The molecule has 1 heterocycles. The van der Waals surface area contributed by atoms with Crippen LogP contribution in [0, 0.1) is 13.8 Å². The van der Waals surface area contributed by atoms with Crippen LogP contribution in [-0.4, -0.2) is 35.5 Å². The molecule has 0 aliphatic rings. The molecule has 0 aliphatic heterocycles. The molecule has 132 valence electrons. The molecule has 3 rings (SSSR count). The number of likely N-dealkylation sites (N-methyl/N-ethyl adjacent to an activating group) is 1. The Morgan fingerprint density at radius 2 is 1.62 bits per heavy atom. The van der Waals surface area contributed by atoms with Crippen molar-refractivity contribution in [3.63, 3.8) is 0 Å². The molecule has 0 fully saturated rings. The van der Waals surface area contributed by atoms with E-state index in [1.54, 1.807) is 25.2 Å². The zero-order valence-corrected chi connectivity index (χ0v) is 14.9. The Balaban J connectivity index is 1.69. The molecule has 1 aromatic heterocycles. The smallest absolute Gasteiger partial charge is 0.338 e. The van der Waals surface area contributed by atoms with Crippen LogP contribution in [0.2, 0.25) is 0 Å². The summed E-state index contributed by atoms with van der Waals surface area (Å²) in [6.45, 7) is 3.42. The number of anilines is 1. The number of para-hydroxylation sites is 1. The van der Waals surface area contributed by atoms with Gasteiger partial charge in [-0.3, -0.25) is 4.79 Å². The van der Waals surface area contributed by atoms with Crippen molar-refractivity contribution in [2.24, 2.45) is 0 Å². The maximum absolute atomic E-state index is 12.3. The Morgan fingerprint density at radius 1 is 0.962 bits per heavy atom. The van der Waals surface area contributed by atoms with E-state index in [4.69, 9.17) is 4.74 Å². The maximum atomic E-state index is 12.3. The van der Waals surface area contributed by atoms with Gasteiger partial charge >= 0.3 is 5.97 Å². The second-order valence-corrected chi connectivity index (χ2v) is 5.96. The van der Waals surface area contributed by atoms with Crippen LogP contribution in [0.25, 0.3) is 11.0 Å². The molecule has 0 unspecified atom stereocenters. The summed E-state index contributed by atoms with van der Waals surface area (Å²) in [5, 5.41) is 0. The van der Waals surface area contributed by atoms with E-state index in [1.807, 2.05) is 44.2 Å². The number of carbonyl (C=O) groups excluding carboxylic acids is 2. The molecule has 0 saturated carbocycles. The van der Waals surface area contributed by atoms with E-state index in [9.17, 15) is 9.59 Å². The molecule has 0 spiro atoms. The largest absolute Gasteiger partial charge is 0.452 e. The Bertz CT molecular complexity index is 971. The first kappa shape index (κ1) is 17.5. The minimum absolute atomic E-state index is 0.309. The third-order valence-corrected chi connectivity index (χ3v) is 4.16. The molecule has 0 bridgehead atoms. The number of aromatic nitrogens is 2. The van der Waals surface area contributed by atoms with Crippen molar-refractivity contribution in [3.8, 4) is 0 Å². The number of ether oxygens (including phenoxy) is 1. The summed E-state index contributed by atoms with van der Waals surface area (Å²) in [6, 6.07) is 14.1. The molecule has 0 radical (unpaired) electrons. The zero-order chi connectivity index (χ0) is 18.7. The Labute approximate surface area is 151 Å². The second-order valence-electron chi connectivity index (χ2n) is 5.96. The average molecular weight is 349 g/mol. The molecule has 2 aromatic carbocycles. The van der Waals surface area contributed by atoms with Gasteiger partial charge in [-0.15, -0.1) is 0 Å². The number of esters is 1. The van der Waals surface area contributed by atoms with Crippen LogP contribution in [0.3, 0.4) is 0 Å². The molecule has 0 saturated heterocycles. The fourth-order valence-electron chi connectivity index (χ4n) is 2.46. The SMILES string of the molecule is Cc1nc2ccc(C(=O)OCC(=O)N(C)c3ccccc3)cc2nc1C. The average Bonchev–Trinajstić information content (AvgIpc) is 2.66. The Morgan fingerprint density at radius 3 is 2.31 bits per heavy atom.